The van der Waals surface area contributed by atoms with E-state index in [1.54, 1.807) is 42.8 Å². The highest BCUT2D eigenvalue weighted by Gasteiger charge is 2.23. The van der Waals surface area contributed by atoms with Crippen LogP contribution in [0.4, 0.5) is 5.69 Å². The predicted octanol–water partition coefficient (Wildman–Crippen LogP) is 1.31. The average molecular weight is 318 g/mol. The molecule has 2 rings (SSSR count). The van der Waals surface area contributed by atoms with Crippen LogP contribution in [0.15, 0.2) is 18.6 Å². The van der Waals surface area contributed by atoms with Crippen molar-refractivity contribution in [1.29, 1.82) is 0 Å². The molecule has 23 heavy (non-hydrogen) atoms. The smallest absolute Gasteiger partial charge is 0.273 e. The molecule has 0 radical (unpaired) electrons. The van der Waals surface area contributed by atoms with Crippen molar-refractivity contribution in [2.45, 2.75) is 33.4 Å². The van der Waals surface area contributed by atoms with E-state index < -0.39 is 6.04 Å². The van der Waals surface area contributed by atoms with E-state index >= 15 is 0 Å². The first-order chi connectivity index (χ1) is 10.8. The maximum Gasteiger partial charge on any atom is 0.273 e. The highest BCUT2D eigenvalue weighted by molar-refractivity contribution is 6.03. The topological polar surface area (TPSA) is 85.0 Å². The van der Waals surface area contributed by atoms with Gasteiger partial charge < -0.3 is 10.2 Å². The zero-order valence-corrected chi connectivity index (χ0v) is 14.1. The minimum absolute atomic E-state index is 0.206. The molecule has 2 aromatic rings. The molecular formula is C15H22N6O2. The second-order valence-corrected chi connectivity index (χ2v) is 5.59. The van der Waals surface area contributed by atoms with E-state index in [0.29, 0.717) is 17.9 Å². The van der Waals surface area contributed by atoms with Crippen LogP contribution in [0.5, 0.6) is 0 Å². The van der Waals surface area contributed by atoms with Gasteiger partial charge in [0.25, 0.3) is 5.91 Å². The molecule has 124 valence electrons. The SMILES string of the molecule is CCn1ncc(NC(=O)C(C)n2cc(C)cn2)c1C(=O)N(C)C. The third-order valence-electron chi connectivity index (χ3n) is 3.51. The fourth-order valence-corrected chi connectivity index (χ4v) is 2.16. The fourth-order valence-electron chi connectivity index (χ4n) is 2.16. The average Bonchev–Trinajstić information content (AvgIpc) is 3.11. The summed E-state index contributed by atoms with van der Waals surface area (Å²) in [4.78, 5) is 26.2. The summed E-state index contributed by atoms with van der Waals surface area (Å²) in [5.74, 6) is -0.459. The van der Waals surface area contributed by atoms with Crippen LogP contribution in [-0.2, 0) is 11.3 Å². The summed E-state index contributed by atoms with van der Waals surface area (Å²) in [6.07, 6.45) is 4.99. The lowest BCUT2D eigenvalue weighted by Crippen LogP contribution is -2.28. The minimum atomic E-state index is -0.490. The number of aromatic nitrogens is 4. The van der Waals surface area contributed by atoms with E-state index in [1.165, 1.54) is 11.1 Å². The molecule has 1 unspecified atom stereocenters. The zero-order valence-electron chi connectivity index (χ0n) is 14.1. The van der Waals surface area contributed by atoms with Crippen LogP contribution in [0.25, 0.3) is 0 Å². The van der Waals surface area contributed by atoms with E-state index in [4.69, 9.17) is 0 Å². The maximum absolute atomic E-state index is 12.4. The van der Waals surface area contributed by atoms with Crippen LogP contribution in [0, 0.1) is 6.92 Å². The molecule has 2 amide bonds. The Balaban J connectivity index is 2.24. The molecule has 0 aliphatic carbocycles. The molecule has 0 saturated heterocycles. The van der Waals surface area contributed by atoms with Crippen molar-refractivity contribution in [3.8, 4) is 0 Å². The molecule has 0 aromatic carbocycles. The van der Waals surface area contributed by atoms with Gasteiger partial charge in [-0.05, 0) is 26.3 Å². The fraction of sp³-hybridized carbons (Fsp3) is 0.467. The molecule has 0 fully saturated rings. The molecular weight excluding hydrogens is 296 g/mol. The number of aryl methyl sites for hydroxylation is 2. The summed E-state index contributed by atoms with van der Waals surface area (Å²) in [5.41, 5.74) is 1.76. The number of hydrogen-bond acceptors (Lipinski definition) is 4. The first-order valence-corrected chi connectivity index (χ1v) is 7.44. The zero-order chi connectivity index (χ0) is 17.1. The molecule has 0 bridgehead atoms. The molecule has 1 atom stereocenters. The summed E-state index contributed by atoms with van der Waals surface area (Å²) < 4.78 is 3.16. The Morgan fingerprint density at radius 3 is 2.52 bits per heavy atom. The normalized spacial score (nSPS) is 12.0. The summed E-state index contributed by atoms with van der Waals surface area (Å²) in [6.45, 7) is 6.09. The summed E-state index contributed by atoms with van der Waals surface area (Å²) >= 11 is 0. The molecule has 0 aliphatic heterocycles. The first kappa shape index (κ1) is 16.7. The Labute approximate surface area is 135 Å². The van der Waals surface area contributed by atoms with Gasteiger partial charge in [0, 0.05) is 26.8 Å². The molecule has 1 N–H and O–H groups in total. The highest BCUT2D eigenvalue weighted by Crippen LogP contribution is 2.18. The first-order valence-electron chi connectivity index (χ1n) is 7.44. The van der Waals surface area contributed by atoms with E-state index in [1.807, 2.05) is 13.8 Å². The van der Waals surface area contributed by atoms with Crippen LogP contribution in [0.2, 0.25) is 0 Å². The molecule has 0 spiro atoms. The van der Waals surface area contributed by atoms with Crippen molar-refractivity contribution >= 4 is 17.5 Å². The van der Waals surface area contributed by atoms with Gasteiger partial charge >= 0.3 is 0 Å². The van der Waals surface area contributed by atoms with Gasteiger partial charge in [-0.3, -0.25) is 19.0 Å². The van der Waals surface area contributed by atoms with Crippen LogP contribution in [-0.4, -0.2) is 50.4 Å². The Morgan fingerprint density at radius 2 is 2.00 bits per heavy atom. The second kappa shape index (κ2) is 6.64. The van der Waals surface area contributed by atoms with Crippen molar-refractivity contribution in [1.82, 2.24) is 24.5 Å². The lowest BCUT2D eigenvalue weighted by atomic mass is 10.2. The number of anilines is 1. The summed E-state index contributed by atoms with van der Waals surface area (Å²) in [6, 6.07) is -0.490. The van der Waals surface area contributed by atoms with Crippen molar-refractivity contribution < 1.29 is 9.59 Å². The lowest BCUT2D eigenvalue weighted by molar-refractivity contribution is -0.119. The van der Waals surface area contributed by atoms with E-state index in [9.17, 15) is 9.59 Å². The van der Waals surface area contributed by atoms with E-state index in [0.717, 1.165) is 5.56 Å². The second-order valence-electron chi connectivity index (χ2n) is 5.59. The third-order valence-corrected chi connectivity index (χ3v) is 3.51. The number of carbonyl (C=O) groups is 2. The maximum atomic E-state index is 12.4. The van der Waals surface area contributed by atoms with Gasteiger partial charge in [0.05, 0.1) is 18.1 Å². The number of nitrogens with one attached hydrogen (secondary N) is 1. The molecule has 8 nitrogen and oxygen atoms in total. The quantitative estimate of drug-likeness (QED) is 0.900. The number of amides is 2. The standard InChI is InChI=1S/C15H22N6O2/c1-6-20-13(15(23)19(4)5)12(8-17-20)18-14(22)11(3)21-9-10(2)7-16-21/h7-9,11H,6H2,1-5H3,(H,18,22). The van der Waals surface area contributed by atoms with Crippen molar-refractivity contribution in [3.05, 3.63) is 29.8 Å². The number of carbonyl (C=O) groups excluding carboxylic acids is 2. The number of rotatable bonds is 5. The van der Waals surface area contributed by atoms with Gasteiger partial charge in [-0.25, -0.2) is 0 Å². The molecule has 0 aliphatic rings. The van der Waals surface area contributed by atoms with Gasteiger partial charge in [0.1, 0.15) is 11.7 Å². The van der Waals surface area contributed by atoms with Gasteiger partial charge in [-0.2, -0.15) is 10.2 Å². The number of nitrogens with zero attached hydrogens (tertiary/aromatic N) is 5. The van der Waals surface area contributed by atoms with Gasteiger partial charge in [-0.15, -0.1) is 0 Å². The molecule has 8 heteroatoms. The van der Waals surface area contributed by atoms with Gasteiger partial charge in [-0.1, -0.05) is 0 Å². The molecule has 0 saturated carbocycles. The van der Waals surface area contributed by atoms with Crippen LogP contribution >= 0.6 is 0 Å². The number of hydrogen-bond donors (Lipinski definition) is 1. The Bertz CT molecular complexity index is 715. The summed E-state index contributed by atoms with van der Waals surface area (Å²) in [5, 5.41) is 11.1. The Hall–Kier alpha value is -2.64. The van der Waals surface area contributed by atoms with Gasteiger partial charge in [0.2, 0.25) is 5.91 Å². The van der Waals surface area contributed by atoms with E-state index in [-0.39, 0.29) is 11.8 Å². The molecule has 2 aromatic heterocycles. The van der Waals surface area contributed by atoms with E-state index in [2.05, 4.69) is 15.5 Å². The van der Waals surface area contributed by atoms with Crippen LogP contribution in [0.1, 0.15) is 35.9 Å². The van der Waals surface area contributed by atoms with Crippen molar-refractivity contribution in [3.63, 3.8) is 0 Å². The largest absolute Gasteiger partial charge is 0.343 e. The Kier molecular flexibility index (Phi) is 4.83. The summed E-state index contributed by atoms with van der Waals surface area (Å²) in [7, 11) is 3.33. The van der Waals surface area contributed by atoms with Crippen LogP contribution in [0.3, 0.4) is 0 Å². The predicted molar refractivity (Wildman–Crippen MR) is 86.2 cm³/mol. The van der Waals surface area contributed by atoms with Crippen molar-refractivity contribution in [2.24, 2.45) is 0 Å². The van der Waals surface area contributed by atoms with Crippen LogP contribution < -0.4 is 5.32 Å². The highest BCUT2D eigenvalue weighted by atomic mass is 16.2. The minimum Gasteiger partial charge on any atom is -0.343 e. The molecule has 2 heterocycles. The van der Waals surface area contributed by atoms with Gasteiger partial charge in [0.15, 0.2) is 0 Å². The monoisotopic (exact) mass is 318 g/mol. The van der Waals surface area contributed by atoms with Crippen molar-refractivity contribution in [2.75, 3.05) is 19.4 Å². The third kappa shape index (κ3) is 3.41. The lowest BCUT2D eigenvalue weighted by Gasteiger charge is -2.15. The Morgan fingerprint density at radius 1 is 1.30 bits per heavy atom.